The van der Waals surface area contributed by atoms with Gasteiger partial charge in [0, 0.05) is 19.7 Å². The van der Waals surface area contributed by atoms with Crippen LogP contribution in [0.3, 0.4) is 0 Å². The summed E-state index contributed by atoms with van der Waals surface area (Å²) < 4.78 is 10.1. The molecule has 1 saturated heterocycles. The lowest BCUT2D eigenvalue weighted by molar-refractivity contribution is -0.153. The van der Waals surface area contributed by atoms with Gasteiger partial charge in [0.2, 0.25) is 0 Å². The minimum Gasteiger partial charge on any atom is -0.480 e. The Morgan fingerprint density at radius 3 is 3.06 bits per heavy atom. The van der Waals surface area contributed by atoms with Gasteiger partial charge in [-0.3, -0.25) is 9.69 Å². The second kappa shape index (κ2) is 5.07. The smallest absolute Gasteiger partial charge is 0.326 e. The van der Waals surface area contributed by atoms with Gasteiger partial charge in [-0.1, -0.05) is 5.16 Å². The van der Waals surface area contributed by atoms with E-state index >= 15 is 0 Å². The summed E-state index contributed by atoms with van der Waals surface area (Å²) in [6.07, 6.45) is 1.46. The second-order valence-corrected chi connectivity index (χ2v) is 4.72. The lowest BCUT2D eigenvalue weighted by Gasteiger charge is -2.33. The van der Waals surface area contributed by atoms with Crippen molar-refractivity contribution in [1.29, 1.82) is 0 Å². The first-order valence-corrected chi connectivity index (χ1v) is 5.98. The van der Waals surface area contributed by atoms with Gasteiger partial charge in [-0.25, -0.2) is 0 Å². The van der Waals surface area contributed by atoms with Crippen molar-refractivity contribution in [2.24, 2.45) is 0 Å². The van der Waals surface area contributed by atoms with Crippen LogP contribution in [-0.4, -0.2) is 46.9 Å². The first kappa shape index (κ1) is 13.0. The molecule has 0 amide bonds. The number of rotatable bonds is 5. The molecule has 6 nitrogen and oxygen atoms in total. The first-order chi connectivity index (χ1) is 8.58. The van der Waals surface area contributed by atoms with Crippen LogP contribution < -0.4 is 0 Å². The van der Waals surface area contributed by atoms with E-state index in [0.717, 1.165) is 24.4 Å². The van der Waals surface area contributed by atoms with Crippen LogP contribution in [0.5, 0.6) is 0 Å². The number of aryl methyl sites for hydroxylation is 1. The largest absolute Gasteiger partial charge is 0.480 e. The second-order valence-electron chi connectivity index (χ2n) is 4.72. The average molecular weight is 254 g/mol. The lowest BCUT2D eigenvalue weighted by atomic mass is 9.97. The van der Waals surface area contributed by atoms with E-state index in [9.17, 15) is 9.90 Å². The van der Waals surface area contributed by atoms with E-state index in [4.69, 9.17) is 9.26 Å². The molecule has 1 aromatic rings. The number of likely N-dealkylation sites (tertiary alicyclic amines) is 1. The number of carboxylic acid groups (broad SMARTS) is 1. The van der Waals surface area contributed by atoms with Crippen LogP contribution in [0.2, 0.25) is 0 Å². The van der Waals surface area contributed by atoms with Gasteiger partial charge in [-0.15, -0.1) is 0 Å². The van der Waals surface area contributed by atoms with Crippen molar-refractivity contribution in [3.63, 3.8) is 0 Å². The van der Waals surface area contributed by atoms with Gasteiger partial charge in [0.05, 0.1) is 12.3 Å². The quantitative estimate of drug-likeness (QED) is 0.846. The van der Waals surface area contributed by atoms with Crippen LogP contribution in [0, 0.1) is 6.92 Å². The van der Waals surface area contributed by atoms with Gasteiger partial charge in [-0.05, 0) is 26.3 Å². The van der Waals surface area contributed by atoms with Crippen LogP contribution >= 0.6 is 0 Å². The van der Waals surface area contributed by atoms with Crippen LogP contribution in [0.4, 0.5) is 0 Å². The normalized spacial score (nSPS) is 24.6. The predicted molar refractivity (Wildman–Crippen MR) is 63.1 cm³/mol. The molecule has 0 spiro atoms. The third kappa shape index (κ3) is 2.26. The molecular formula is C12H18N2O4. The summed E-state index contributed by atoms with van der Waals surface area (Å²) >= 11 is 0. The molecule has 0 bridgehead atoms. The van der Waals surface area contributed by atoms with Crippen molar-refractivity contribution in [3.8, 4) is 0 Å². The lowest BCUT2D eigenvalue weighted by Crippen LogP contribution is -2.53. The van der Waals surface area contributed by atoms with Crippen LogP contribution in [0.1, 0.15) is 24.3 Å². The van der Waals surface area contributed by atoms with E-state index in [2.05, 4.69) is 5.16 Å². The maximum Gasteiger partial charge on any atom is 0.326 e. The fraction of sp³-hybridized carbons (Fsp3) is 0.667. The van der Waals surface area contributed by atoms with Gasteiger partial charge in [0.25, 0.3) is 0 Å². The Morgan fingerprint density at radius 2 is 2.50 bits per heavy atom. The molecule has 1 unspecified atom stereocenters. The molecule has 2 heterocycles. The number of aromatic nitrogens is 1. The zero-order chi connectivity index (χ0) is 13.2. The predicted octanol–water partition coefficient (Wildman–Crippen LogP) is 1.05. The van der Waals surface area contributed by atoms with Crippen LogP contribution in [0.25, 0.3) is 0 Å². The summed E-state index contributed by atoms with van der Waals surface area (Å²) in [6.45, 7) is 3.23. The molecule has 1 N–H and O–H groups in total. The van der Waals surface area contributed by atoms with Crippen molar-refractivity contribution in [2.75, 3.05) is 20.3 Å². The minimum absolute atomic E-state index is 0.194. The summed E-state index contributed by atoms with van der Waals surface area (Å²) in [6, 6.07) is 1.83. The number of hydrogen-bond acceptors (Lipinski definition) is 5. The van der Waals surface area contributed by atoms with E-state index < -0.39 is 11.5 Å². The van der Waals surface area contributed by atoms with E-state index in [1.165, 1.54) is 7.11 Å². The number of carboxylic acids is 1. The Morgan fingerprint density at radius 1 is 1.72 bits per heavy atom. The van der Waals surface area contributed by atoms with Crippen molar-refractivity contribution in [2.45, 2.75) is 31.8 Å². The maximum atomic E-state index is 11.6. The summed E-state index contributed by atoms with van der Waals surface area (Å²) in [4.78, 5) is 13.5. The third-order valence-electron chi connectivity index (χ3n) is 3.43. The molecule has 100 valence electrons. The molecular weight excluding hydrogens is 236 g/mol. The van der Waals surface area contributed by atoms with Gasteiger partial charge in [-0.2, -0.15) is 0 Å². The Bertz CT molecular complexity index is 431. The molecule has 6 heteroatoms. The summed E-state index contributed by atoms with van der Waals surface area (Å²) in [5.74, 6) is -0.0982. The summed E-state index contributed by atoms with van der Waals surface area (Å²) in [5.41, 5.74) is -0.169. The number of aliphatic carboxylic acids is 1. The number of ether oxygens (including phenoxy) is 1. The Balaban J connectivity index is 2.17. The molecule has 0 aromatic carbocycles. The van der Waals surface area contributed by atoms with E-state index in [1.807, 2.05) is 17.9 Å². The van der Waals surface area contributed by atoms with Crippen molar-refractivity contribution in [3.05, 3.63) is 17.5 Å². The zero-order valence-corrected chi connectivity index (χ0v) is 10.7. The van der Waals surface area contributed by atoms with Gasteiger partial charge in [0.1, 0.15) is 11.3 Å². The molecule has 1 fully saturated rings. The molecule has 0 radical (unpaired) electrons. The first-order valence-electron chi connectivity index (χ1n) is 5.98. The summed E-state index contributed by atoms with van der Waals surface area (Å²) in [5, 5.41) is 13.4. The highest BCUT2D eigenvalue weighted by Crippen LogP contribution is 2.31. The SMILES string of the molecule is COCC1(C(=O)O)CCCN1Cc1cc(C)on1. The molecule has 1 aromatic heterocycles. The molecule has 0 saturated carbocycles. The van der Waals surface area contributed by atoms with E-state index in [1.54, 1.807) is 0 Å². The highest BCUT2D eigenvalue weighted by Gasteiger charge is 2.47. The number of nitrogens with zero attached hydrogens (tertiary/aromatic N) is 2. The Kier molecular flexibility index (Phi) is 3.68. The standard InChI is InChI=1S/C12H18N2O4/c1-9-6-10(13-18-9)7-14-5-3-4-12(14,8-17-2)11(15)16/h6H,3-5,7-8H2,1-2H3,(H,15,16). The molecule has 1 atom stereocenters. The van der Waals surface area contributed by atoms with Gasteiger partial charge < -0.3 is 14.4 Å². The monoisotopic (exact) mass is 254 g/mol. The van der Waals surface area contributed by atoms with Crippen molar-refractivity contribution < 1.29 is 19.2 Å². The number of methoxy groups -OCH3 is 1. The van der Waals surface area contributed by atoms with Crippen molar-refractivity contribution >= 4 is 5.97 Å². The van der Waals surface area contributed by atoms with E-state index in [-0.39, 0.29) is 6.61 Å². The summed E-state index contributed by atoms with van der Waals surface area (Å²) in [7, 11) is 1.53. The van der Waals surface area contributed by atoms with Gasteiger partial charge >= 0.3 is 5.97 Å². The Hall–Kier alpha value is -1.40. The average Bonchev–Trinajstić information content (AvgIpc) is 2.88. The number of carbonyl (C=O) groups is 1. The molecule has 0 aliphatic carbocycles. The fourth-order valence-corrected chi connectivity index (χ4v) is 2.56. The zero-order valence-electron chi connectivity index (χ0n) is 10.7. The van der Waals surface area contributed by atoms with Crippen molar-refractivity contribution in [1.82, 2.24) is 10.1 Å². The molecule has 18 heavy (non-hydrogen) atoms. The highest BCUT2D eigenvalue weighted by atomic mass is 16.5. The number of hydrogen-bond donors (Lipinski definition) is 1. The maximum absolute atomic E-state index is 11.6. The third-order valence-corrected chi connectivity index (χ3v) is 3.43. The fourth-order valence-electron chi connectivity index (χ4n) is 2.56. The topological polar surface area (TPSA) is 75.8 Å². The van der Waals surface area contributed by atoms with Crippen LogP contribution in [0.15, 0.2) is 10.6 Å². The van der Waals surface area contributed by atoms with E-state index in [0.29, 0.717) is 13.0 Å². The molecule has 1 aliphatic heterocycles. The Labute approximate surface area is 106 Å². The van der Waals surface area contributed by atoms with Gasteiger partial charge in [0.15, 0.2) is 0 Å². The molecule has 2 rings (SSSR count). The minimum atomic E-state index is -0.929. The highest BCUT2D eigenvalue weighted by molar-refractivity contribution is 5.79. The molecule has 1 aliphatic rings. The van der Waals surface area contributed by atoms with Crippen LogP contribution in [-0.2, 0) is 16.1 Å².